The van der Waals surface area contributed by atoms with Gasteiger partial charge in [0, 0.05) is 6.42 Å². The molecule has 0 N–H and O–H groups in total. The van der Waals surface area contributed by atoms with Crippen molar-refractivity contribution < 1.29 is 26.3 Å². The van der Waals surface area contributed by atoms with Crippen LogP contribution in [-0.2, 0) is 0 Å². The highest BCUT2D eigenvalue weighted by atomic mass is 19.3. The molecule has 0 saturated carbocycles. The van der Waals surface area contributed by atoms with E-state index in [1.165, 1.54) is 0 Å². The van der Waals surface area contributed by atoms with E-state index in [-0.39, 0.29) is 6.42 Å². The van der Waals surface area contributed by atoms with Crippen LogP contribution < -0.4 is 0 Å². The highest BCUT2D eigenvalue weighted by molar-refractivity contribution is 4.95. The van der Waals surface area contributed by atoms with Crippen LogP contribution in [0.25, 0.3) is 0 Å². The first-order valence-electron chi connectivity index (χ1n) is 5.19. The van der Waals surface area contributed by atoms with E-state index < -0.39 is 24.7 Å². The predicted molar refractivity (Wildman–Crippen MR) is 48.7 cm³/mol. The van der Waals surface area contributed by atoms with Crippen molar-refractivity contribution in [3.8, 4) is 0 Å². The van der Waals surface area contributed by atoms with Gasteiger partial charge >= 0.3 is 18.3 Å². The summed E-state index contributed by atoms with van der Waals surface area (Å²) in [6.45, 7) is 1.91. The summed E-state index contributed by atoms with van der Waals surface area (Å²) in [5.41, 5.74) is 0. The van der Waals surface area contributed by atoms with E-state index in [1.54, 1.807) is 0 Å². The maximum atomic E-state index is 12.7. The quantitative estimate of drug-likeness (QED) is 0.417. The Kier molecular flexibility index (Phi) is 6.18. The van der Waals surface area contributed by atoms with Crippen LogP contribution in [0.1, 0.15) is 45.4 Å². The fourth-order valence-corrected chi connectivity index (χ4v) is 1.25. The van der Waals surface area contributed by atoms with Crippen molar-refractivity contribution >= 4 is 0 Å². The molecule has 0 saturated heterocycles. The standard InChI is InChI=1S/C10H15F6/c1-2-3-4-5-6-7-9(13,14)10(15,16)8(11)12/h2-7H2,1H3. The molecule has 0 aromatic heterocycles. The van der Waals surface area contributed by atoms with E-state index in [2.05, 4.69) is 0 Å². The molecule has 0 aromatic rings. The van der Waals surface area contributed by atoms with Gasteiger partial charge in [0.1, 0.15) is 0 Å². The second-order valence-electron chi connectivity index (χ2n) is 3.70. The number of hydrogen-bond acceptors (Lipinski definition) is 0. The van der Waals surface area contributed by atoms with Gasteiger partial charge in [-0.2, -0.15) is 26.3 Å². The van der Waals surface area contributed by atoms with Crippen molar-refractivity contribution in [2.45, 2.75) is 57.3 Å². The predicted octanol–water partition coefficient (Wildman–Crippen LogP) is 5.05. The van der Waals surface area contributed by atoms with Gasteiger partial charge in [-0.25, -0.2) is 0 Å². The number of halogens is 6. The lowest BCUT2D eigenvalue weighted by Gasteiger charge is -2.24. The van der Waals surface area contributed by atoms with E-state index in [4.69, 9.17) is 0 Å². The zero-order valence-electron chi connectivity index (χ0n) is 9.01. The molecule has 0 aromatic carbocycles. The van der Waals surface area contributed by atoms with Crippen LogP contribution in [0.3, 0.4) is 0 Å². The van der Waals surface area contributed by atoms with Crippen LogP contribution in [0.4, 0.5) is 26.3 Å². The molecule has 0 bridgehead atoms. The van der Waals surface area contributed by atoms with Crippen LogP contribution in [0.2, 0.25) is 0 Å². The van der Waals surface area contributed by atoms with Gasteiger partial charge in [0.2, 0.25) is 0 Å². The lowest BCUT2D eigenvalue weighted by atomic mass is 10.0. The van der Waals surface area contributed by atoms with Gasteiger partial charge in [0.15, 0.2) is 0 Å². The second-order valence-corrected chi connectivity index (χ2v) is 3.70. The van der Waals surface area contributed by atoms with Crippen LogP contribution in [0.5, 0.6) is 0 Å². The zero-order valence-corrected chi connectivity index (χ0v) is 9.01. The average molecular weight is 249 g/mol. The van der Waals surface area contributed by atoms with Crippen molar-refractivity contribution in [2.24, 2.45) is 0 Å². The van der Waals surface area contributed by atoms with Gasteiger partial charge in [-0.05, 0) is 6.42 Å². The fraction of sp³-hybridized carbons (Fsp3) is 0.900. The van der Waals surface area contributed by atoms with Crippen molar-refractivity contribution in [1.82, 2.24) is 0 Å². The van der Waals surface area contributed by atoms with E-state index in [0.29, 0.717) is 12.8 Å². The minimum atomic E-state index is -5.31. The van der Waals surface area contributed by atoms with Gasteiger partial charge in [0.05, 0.1) is 0 Å². The van der Waals surface area contributed by atoms with Gasteiger partial charge in [-0.1, -0.05) is 32.6 Å². The molecule has 0 aliphatic heterocycles. The summed E-state index contributed by atoms with van der Waals surface area (Å²) in [4.78, 5) is 0. The third-order valence-electron chi connectivity index (χ3n) is 2.29. The maximum absolute atomic E-state index is 12.7. The van der Waals surface area contributed by atoms with Gasteiger partial charge in [0.25, 0.3) is 0 Å². The topological polar surface area (TPSA) is 0 Å². The Morgan fingerprint density at radius 1 is 0.875 bits per heavy atom. The molecule has 0 spiro atoms. The lowest BCUT2D eigenvalue weighted by molar-refractivity contribution is -0.231. The van der Waals surface area contributed by atoms with Crippen LogP contribution in [-0.4, -0.2) is 11.8 Å². The molecule has 0 aliphatic carbocycles. The summed E-state index contributed by atoms with van der Waals surface area (Å²) in [5.74, 6) is -9.96. The summed E-state index contributed by atoms with van der Waals surface area (Å²) < 4.78 is 73.4. The van der Waals surface area contributed by atoms with Crippen molar-refractivity contribution in [3.05, 3.63) is 6.43 Å². The second kappa shape index (κ2) is 6.35. The molecule has 0 amide bonds. The van der Waals surface area contributed by atoms with E-state index in [9.17, 15) is 26.3 Å². The average Bonchev–Trinajstić information content (AvgIpc) is 2.16. The van der Waals surface area contributed by atoms with Crippen LogP contribution in [0, 0.1) is 6.43 Å². The number of alkyl halides is 4. The molecule has 6 heteroatoms. The minimum absolute atomic E-state index is 0.171. The normalized spacial score (nSPS) is 13.5. The molecular formula is C10H15F6. The molecular weight excluding hydrogens is 234 g/mol. The van der Waals surface area contributed by atoms with E-state index in [0.717, 1.165) is 12.8 Å². The smallest absolute Gasteiger partial charge is 0.200 e. The first kappa shape index (κ1) is 15.6. The number of unbranched alkanes of at least 4 members (excludes halogenated alkanes) is 4. The van der Waals surface area contributed by atoms with Crippen molar-refractivity contribution in [2.75, 3.05) is 0 Å². The molecule has 97 valence electrons. The first-order valence-corrected chi connectivity index (χ1v) is 5.19. The molecule has 16 heavy (non-hydrogen) atoms. The van der Waals surface area contributed by atoms with E-state index >= 15 is 0 Å². The Bertz CT molecular complexity index is 190. The van der Waals surface area contributed by atoms with Crippen LogP contribution in [0.15, 0.2) is 0 Å². The third kappa shape index (κ3) is 4.22. The summed E-state index contributed by atoms with van der Waals surface area (Å²) in [5, 5.41) is 0. The number of rotatable bonds is 8. The maximum Gasteiger partial charge on any atom is 0.384 e. The Morgan fingerprint density at radius 2 is 1.38 bits per heavy atom. The highest BCUT2D eigenvalue weighted by Gasteiger charge is 2.63. The zero-order chi connectivity index (χ0) is 12.8. The summed E-state index contributed by atoms with van der Waals surface area (Å²) in [6, 6.07) is 0. The summed E-state index contributed by atoms with van der Waals surface area (Å²) in [7, 11) is 0. The van der Waals surface area contributed by atoms with Crippen LogP contribution >= 0.6 is 0 Å². The Labute approximate surface area is 91.0 Å². The van der Waals surface area contributed by atoms with Crippen molar-refractivity contribution in [3.63, 3.8) is 0 Å². The molecule has 0 aliphatic rings. The molecule has 1 radical (unpaired) electrons. The summed E-state index contributed by atoms with van der Waals surface area (Å²) in [6.07, 6.45) is -2.18. The summed E-state index contributed by atoms with van der Waals surface area (Å²) >= 11 is 0. The molecule has 0 atom stereocenters. The molecule has 0 nitrogen and oxygen atoms in total. The SMILES string of the molecule is CCCCCCCC(F)(F)C(F)(F)[C](F)F. The Hall–Kier alpha value is -0.420. The minimum Gasteiger partial charge on any atom is -0.200 e. The van der Waals surface area contributed by atoms with Crippen molar-refractivity contribution in [1.29, 1.82) is 0 Å². The molecule has 0 rings (SSSR count). The molecule has 0 heterocycles. The largest absolute Gasteiger partial charge is 0.384 e. The lowest BCUT2D eigenvalue weighted by Crippen LogP contribution is -2.42. The Morgan fingerprint density at radius 3 is 1.81 bits per heavy atom. The fourth-order valence-electron chi connectivity index (χ4n) is 1.25. The molecule has 0 fully saturated rings. The van der Waals surface area contributed by atoms with Gasteiger partial charge < -0.3 is 0 Å². The van der Waals surface area contributed by atoms with E-state index in [1.807, 2.05) is 6.92 Å². The Balaban J connectivity index is 4.04. The van der Waals surface area contributed by atoms with Gasteiger partial charge in [-0.3, -0.25) is 0 Å². The number of hydrogen-bond donors (Lipinski definition) is 0. The molecule has 0 unspecified atom stereocenters. The monoisotopic (exact) mass is 249 g/mol. The van der Waals surface area contributed by atoms with Gasteiger partial charge in [-0.15, -0.1) is 0 Å². The highest BCUT2D eigenvalue weighted by Crippen LogP contribution is 2.45. The first-order chi connectivity index (χ1) is 7.25. The third-order valence-corrected chi connectivity index (χ3v) is 2.29.